The van der Waals surface area contributed by atoms with Crippen LogP contribution in [0.3, 0.4) is 0 Å². The van der Waals surface area contributed by atoms with Crippen LogP contribution in [-0.2, 0) is 22.6 Å². The lowest BCUT2D eigenvalue weighted by molar-refractivity contribution is -0.136. The number of aryl methyl sites for hydroxylation is 1. The molecule has 9 heteroatoms. The Balaban J connectivity index is 1.56. The van der Waals surface area contributed by atoms with Gasteiger partial charge in [0.25, 0.3) is 0 Å². The molecule has 0 aliphatic heterocycles. The third-order valence-corrected chi connectivity index (χ3v) is 5.38. The highest BCUT2D eigenvalue weighted by Crippen LogP contribution is 2.29. The van der Waals surface area contributed by atoms with E-state index in [2.05, 4.69) is 15.8 Å². The average molecular weight is 500 g/mol. The fraction of sp³-hybridized carbons (Fsp3) is 0.160. The van der Waals surface area contributed by atoms with Gasteiger partial charge in [0.1, 0.15) is 6.61 Å². The number of hydrogen-bond acceptors (Lipinski definition) is 5. The molecule has 0 aliphatic rings. The standard InChI is InChI=1S/C25H23Cl2N3O4/c1-3-16-4-9-20(10-5-16)29-24(31)25(32)30-28-14-17-6-11-22(23(12-17)33-2)34-15-18-7-8-19(26)13-21(18)27/h4-14H,3,15H2,1-2H3,(H,29,31)(H,30,32)/b28-14-. The maximum atomic E-state index is 12.0. The van der Waals surface area contributed by atoms with Gasteiger partial charge >= 0.3 is 11.8 Å². The van der Waals surface area contributed by atoms with Crippen LogP contribution in [0.25, 0.3) is 0 Å². The van der Waals surface area contributed by atoms with Gasteiger partial charge in [-0.05, 0) is 60.0 Å². The van der Waals surface area contributed by atoms with E-state index in [0.717, 1.165) is 17.5 Å². The van der Waals surface area contributed by atoms with Crippen molar-refractivity contribution in [2.45, 2.75) is 20.0 Å². The minimum Gasteiger partial charge on any atom is -0.493 e. The third kappa shape index (κ3) is 6.97. The first kappa shape index (κ1) is 25.1. The number of amides is 2. The lowest BCUT2D eigenvalue weighted by Crippen LogP contribution is -2.32. The fourth-order valence-electron chi connectivity index (χ4n) is 2.91. The van der Waals surface area contributed by atoms with Crippen molar-refractivity contribution in [3.63, 3.8) is 0 Å². The van der Waals surface area contributed by atoms with Crippen LogP contribution < -0.4 is 20.2 Å². The van der Waals surface area contributed by atoms with Gasteiger partial charge in [-0.3, -0.25) is 9.59 Å². The molecule has 0 unspecified atom stereocenters. The maximum absolute atomic E-state index is 12.0. The molecule has 0 aromatic heterocycles. The summed E-state index contributed by atoms with van der Waals surface area (Å²) in [6.07, 6.45) is 2.28. The Hall–Kier alpha value is -3.55. The van der Waals surface area contributed by atoms with Crippen molar-refractivity contribution >= 4 is 46.9 Å². The van der Waals surface area contributed by atoms with Crippen LogP contribution in [-0.4, -0.2) is 25.1 Å². The molecule has 3 aromatic rings. The molecule has 0 fully saturated rings. The number of hydrogen-bond donors (Lipinski definition) is 2. The van der Waals surface area contributed by atoms with Crippen LogP contribution in [0.1, 0.15) is 23.6 Å². The van der Waals surface area contributed by atoms with Crippen molar-refractivity contribution in [3.05, 3.63) is 87.4 Å². The molecule has 2 amide bonds. The number of ether oxygens (including phenoxy) is 2. The monoisotopic (exact) mass is 499 g/mol. The number of anilines is 1. The average Bonchev–Trinajstić information content (AvgIpc) is 2.84. The number of hydrazone groups is 1. The van der Waals surface area contributed by atoms with E-state index in [9.17, 15) is 9.59 Å². The molecule has 0 spiro atoms. The van der Waals surface area contributed by atoms with Crippen molar-refractivity contribution in [1.82, 2.24) is 5.43 Å². The van der Waals surface area contributed by atoms with E-state index in [1.54, 1.807) is 48.5 Å². The molecule has 0 bridgehead atoms. The van der Waals surface area contributed by atoms with Gasteiger partial charge < -0.3 is 14.8 Å². The number of carbonyl (C=O) groups is 2. The largest absolute Gasteiger partial charge is 0.493 e. The van der Waals surface area contributed by atoms with Crippen LogP contribution in [0.15, 0.2) is 65.8 Å². The summed E-state index contributed by atoms with van der Waals surface area (Å²) in [7, 11) is 1.51. The fourth-order valence-corrected chi connectivity index (χ4v) is 3.37. The zero-order chi connectivity index (χ0) is 24.5. The lowest BCUT2D eigenvalue weighted by atomic mass is 10.1. The Morgan fingerprint density at radius 1 is 0.971 bits per heavy atom. The van der Waals surface area contributed by atoms with Gasteiger partial charge in [0, 0.05) is 21.3 Å². The Kier molecular flexibility index (Phi) is 8.90. The summed E-state index contributed by atoms with van der Waals surface area (Å²) in [5.74, 6) is -0.733. The first-order valence-electron chi connectivity index (χ1n) is 10.4. The summed E-state index contributed by atoms with van der Waals surface area (Å²) in [6.45, 7) is 2.26. The maximum Gasteiger partial charge on any atom is 0.329 e. The molecule has 0 saturated carbocycles. The number of methoxy groups -OCH3 is 1. The van der Waals surface area contributed by atoms with Crippen LogP contribution >= 0.6 is 23.2 Å². The normalized spacial score (nSPS) is 10.7. The number of rotatable bonds is 8. The van der Waals surface area contributed by atoms with E-state index in [1.165, 1.54) is 13.3 Å². The molecule has 0 aliphatic carbocycles. The van der Waals surface area contributed by atoms with Gasteiger partial charge in [0.2, 0.25) is 0 Å². The van der Waals surface area contributed by atoms with Crippen molar-refractivity contribution in [1.29, 1.82) is 0 Å². The van der Waals surface area contributed by atoms with Gasteiger partial charge in [-0.1, -0.05) is 48.3 Å². The minimum absolute atomic E-state index is 0.228. The third-order valence-electron chi connectivity index (χ3n) is 4.79. The topological polar surface area (TPSA) is 89.0 Å². The van der Waals surface area contributed by atoms with E-state index in [1.807, 2.05) is 19.1 Å². The zero-order valence-corrected chi connectivity index (χ0v) is 20.1. The Morgan fingerprint density at radius 2 is 1.74 bits per heavy atom. The van der Waals surface area contributed by atoms with Gasteiger partial charge in [-0.2, -0.15) is 5.10 Å². The Bertz CT molecular complexity index is 1200. The molecule has 34 heavy (non-hydrogen) atoms. The quantitative estimate of drug-likeness (QED) is 0.252. The highest BCUT2D eigenvalue weighted by atomic mass is 35.5. The van der Waals surface area contributed by atoms with E-state index in [0.29, 0.717) is 32.8 Å². The van der Waals surface area contributed by atoms with Crippen molar-refractivity contribution < 1.29 is 19.1 Å². The van der Waals surface area contributed by atoms with E-state index in [4.69, 9.17) is 32.7 Å². The van der Waals surface area contributed by atoms with Crippen LogP contribution in [0.4, 0.5) is 5.69 Å². The van der Waals surface area contributed by atoms with Crippen molar-refractivity contribution in [3.8, 4) is 11.5 Å². The second-order valence-corrected chi connectivity index (χ2v) is 7.98. The number of carbonyl (C=O) groups excluding carboxylic acids is 2. The zero-order valence-electron chi connectivity index (χ0n) is 18.6. The molecular weight excluding hydrogens is 477 g/mol. The molecule has 2 N–H and O–H groups in total. The molecule has 3 rings (SSSR count). The molecule has 0 atom stereocenters. The first-order valence-corrected chi connectivity index (χ1v) is 11.1. The van der Waals surface area contributed by atoms with Gasteiger partial charge in [-0.25, -0.2) is 5.43 Å². The van der Waals surface area contributed by atoms with Crippen molar-refractivity contribution in [2.75, 3.05) is 12.4 Å². The summed E-state index contributed by atoms with van der Waals surface area (Å²) in [4.78, 5) is 24.0. The molecular formula is C25H23Cl2N3O4. The molecule has 176 valence electrons. The van der Waals surface area contributed by atoms with Crippen LogP contribution in [0, 0.1) is 0 Å². The predicted octanol–water partition coefficient (Wildman–Crippen LogP) is 5.23. The smallest absolute Gasteiger partial charge is 0.329 e. The Morgan fingerprint density at radius 3 is 2.41 bits per heavy atom. The van der Waals surface area contributed by atoms with Crippen molar-refractivity contribution in [2.24, 2.45) is 5.10 Å². The highest BCUT2D eigenvalue weighted by molar-refractivity contribution is 6.39. The minimum atomic E-state index is -0.887. The molecule has 7 nitrogen and oxygen atoms in total. The van der Waals surface area contributed by atoms with E-state index in [-0.39, 0.29) is 6.61 Å². The molecule has 3 aromatic carbocycles. The molecule has 0 radical (unpaired) electrons. The number of halogens is 2. The SMILES string of the molecule is CCc1ccc(NC(=O)C(=O)N/N=C\c2ccc(OCc3ccc(Cl)cc3Cl)c(OC)c2)cc1. The Labute approximate surface area is 207 Å². The second kappa shape index (κ2) is 12.1. The summed E-state index contributed by atoms with van der Waals surface area (Å²) >= 11 is 12.1. The second-order valence-electron chi connectivity index (χ2n) is 7.14. The van der Waals surface area contributed by atoms with Gasteiger partial charge in [0.05, 0.1) is 13.3 Å². The van der Waals surface area contributed by atoms with Gasteiger partial charge in [0.15, 0.2) is 11.5 Å². The summed E-state index contributed by atoms with van der Waals surface area (Å²) in [5.41, 5.74) is 5.27. The van der Waals surface area contributed by atoms with Crippen LogP contribution in [0.5, 0.6) is 11.5 Å². The molecule has 0 saturated heterocycles. The number of nitrogens with one attached hydrogen (secondary N) is 2. The predicted molar refractivity (Wildman–Crippen MR) is 134 cm³/mol. The summed E-state index contributed by atoms with van der Waals surface area (Å²) in [6, 6.07) is 17.5. The van der Waals surface area contributed by atoms with Gasteiger partial charge in [-0.15, -0.1) is 0 Å². The first-order chi connectivity index (χ1) is 16.4. The van der Waals surface area contributed by atoms with E-state index >= 15 is 0 Å². The lowest BCUT2D eigenvalue weighted by Gasteiger charge is -2.12. The summed E-state index contributed by atoms with van der Waals surface area (Å²) < 4.78 is 11.2. The van der Waals surface area contributed by atoms with Crippen LogP contribution in [0.2, 0.25) is 10.0 Å². The summed E-state index contributed by atoms with van der Waals surface area (Å²) in [5, 5.41) is 7.42. The number of nitrogens with zero attached hydrogens (tertiary/aromatic N) is 1. The highest BCUT2D eigenvalue weighted by Gasteiger charge is 2.13. The molecule has 0 heterocycles. The van der Waals surface area contributed by atoms with E-state index < -0.39 is 11.8 Å². The number of benzene rings is 3.